The molecule has 1 N–H and O–H groups in total. The van der Waals surface area contributed by atoms with E-state index in [2.05, 4.69) is 41.2 Å². The molecule has 0 aromatic carbocycles. The second-order valence-electron chi connectivity index (χ2n) is 4.70. The van der Waals surface area contributed by atoms with Gasteiger partial charge in [-0.2, -0.15) is 0 Å². The first-order valence-electron chi connectivity index (χ1n) is 6.77. The topological polar surface area (TPSA) is 28.2 Å². The number of aromatic nitrogens is 1. The van der Waals surface area contributed by atoms with Crippen LogP contribution in [0.3, 0.4) is 0 Å². The highest BCUT2D eigenvalue weighted by Crippen LogP contribution is 2.25. The van der Waals surface area contributed by atoms with Gasteiger partial charge in [0, 0.05) is 25.3 Å². The highest BCUT2D eigenvalue weighted by Gasteiger charge is 2.23. The third kappa shape index (κ3) is 2.97. The van der Waals surface area contributed by atoms with E-state index in [9.17, 15) is 0 Å². The molecule has 1 aromatic heterocycles. The molecule has 0 radical (unpaired) electrons. The van der Waals surface area contributed by atoms with Crippen LogP contribution in [0.5, 0.6) is 0 Å². The molecule has 94 valence electrons. The number of pyridine rings is 1. The lowest BCUT2D eigenvalue weighted by Gasteiger charge is -2.24. The summed E-state index contributed by atoms with van der Waals surface area (Å²) in [5, 5.41) is 3.32. The Balaban J connectivity index is 2.01. The van der Waals surface area contributed by atoms with Gasteiger partial charge in [-0.1, -0.05) is 19.9 Å². The zero-order valence-electron chi connectivity index (χ0n) is 10.9. The van der Waals surface area contributed by atoms with Gasteiger partial charge in [-0.25, -0.2) is 4.98 Å². The minimum atomic E-state index is 0.696. The first-order valence-corrected chi connectivity index (χ1v) is 6.77. The Morgan fingerprint density at radius 2 is 2.29 bits per heavy atom. The molecular formula is C14H23N3. The lowest BCUT2D eigenvalue weighted by Crippen LogP contribution is -2.29. The first-order chi connectivity index (χ1) is 8.35. The van der Waals surface area contributed by atoms with E-state index in [4.69, 9.17) is 0 Å². The number of nitrogens with one attached hydrogen (secondary N) is 1. The average Bonchev–Trinajstić information content (AvgIpc) is 2.85. The van der Waals surface area contributed by atoms with Crippen molar-refractivity contribution in [1.29, 1.82) is 0 Å². The van der Waals surface area contributed by atoms with Crippen LogP contribution >= 0.6 is 0 Å². The summed E-state index contributed by atoms with van der Waals surface area (Å²) in [6.07, 6.45) is 5.85. The van der Waals surface area contributed by atoms with E-state index < -0.39 is 0 Å². The van der Waals surface area contributed by atoms with Crippen molar-refractivity contribution < 1.29 is 0 Å². The maximum absolute atomic E-state index is 4.60. The lowest BCUT2D eigenvalue weighted by molar-refractivity contribution is 0.640. The summed E-state index contributed by atoms with van der Waals surface area (Å²) in [4.78, 5) is 7.05. The molecule has 1 aromatic rings. The molecule has 0 amide bonds. The number of nitrogens with zero attached hydrogens (tertiary/aromatic N) is 2. The minimum absolute atomic E-state index is 0.696. The van der Waals surface area contributed by atoms with Crippen molar-refractivity contribution in [2.75, 3.05) is 18.0 Å². The molecule has 1 unspecified atom stereocenters. The summed E-state index contributed by atoms with van der Waals surface area (Å²) >= 11 is 0. The van der Waals surface area contributed by atoms with Crippen LogP contribution in [0.15, 0.2) is 18.3 Å². The van der Waals surface area contributed by atoms with Gasteiger partial charge in [-0.05, 0) is 37.4 Å². The van der Waals surface area contributed by atoms with Gasteiger partial charge < -0.3 is 10.2 Å². The molecule has 1 fully saturated rings. The third-order valence-corrected chi connectivity index (χ3v) is 3.53. The van der Waals surface area contributed by atoms with Gasteiger partial charge in [0.05, 0.1) is 0 Å². The summed E-state index contributed by atoms with van der Waals surface area (Å²) in [5.41, 5.74) is 1.27. The number of hydrogen-bond donors (Lipinski definition) is 1. The molecule has 0 aliphatic carbocycles. The van der Waals surface area contributed by atoms with Gasteiger partial charge in [0.2, 0.25) is 0 Å². The highest BCUT2D eigenvalue weighted by molar-refractivity contribution is 5.41. The van der Waals surface area contributed by atoms with Gasteiger partial charge >= 0.3 is 0 Å². The van der Waals surface area contributed by atoms with E-state index in [0.717, 1.165) is 25.5 Å². The fourth-order valence-electron chi connectivity index (χ4n) is 2.52. The summed E-state index contributed by atoms with van der Waals surface area (Å²) in [6, 6.07) is 5.05. The average molecular weight is 233 g/mol. The summed E-state index contributed by atoms with van der Waals surface area (Å²) < 4.78 is 0. The summed E-state index contributed by atoms with van der Waals surface area (Å²) in [6.45, 7) is 7.48. The van der Waals surface area contributed by atoms with Crippen LogP contribution in [0, 0.1) is 0 Å². The summed E-state index contributed by atoms with van der Waals surface area (Å²) in [5.74, 6) is 1.15. The Morgan fingerprint density at radius 1 is 1.41 bits per heavy atom. The van der Waals surface area contributed by atoms with Crippen LogP contribution in [-0.4, -0.2) is 24.1 Å². The second kappa shape index (κ2) is 6.01. The second-order valence-corrected chi connectivity index (χ2v) is 4.70. The zero-order chi connectivity index (χ0) is 12.1. The molecule has 2 heterocycles. The Kier molecular flexibility index (Phi) is 4.37. The monoisotopic (exact) mass is 233 g/mol. The van der Waals surface area contributed by atoms with Crippen LogP contribution in [0.1, 0.15) is 38.7 Å². The van der Waals surface area contributed by atoms with Crippen molar-refractivity contribution in [3.05, 3.63) is 23.9 Å². The van der Waals surface area contributed by atoms with E-state index >= 15 is 0 Å². The van der Waals surface area contributed by atoms with Crippen LogP contribution in [0.2, 0.25) is 0 Å². The van der Waals surface area contributed by atoms with Gasteiger partial charge in [0.25, 0.3) is 0 Å². The normalized spacial score (nSPS) is 19.9. The molecule has 17 heavy (non-hydrogen) atoms. The minimum Gasteiger partial charge on any atom is -0.354 e. The number of rotatable bonds is 5. The van der Waals surface area contributed by atoms with Gasteiger partial charge in [0.15, 0.2) is 0 Å². The van der Waals surface area contributed by atoms with Crippen LogP contribution in [0.4, 0.5) is 5.82 Å². The van der Waals surface area contributed by atoms with Crippen molar-refractivity contribution >= 4 is 5.82 Å². The first kappa shape index (κ1) is 12.4. The molecule has 0 saturated carbocycles. The van der Waals surface area contributed by atoms with Crippen LogP contribution < -0.4 is 10.2 Å². The predicted molar refractivity (Wildman–Crippen MR) is 72.3 cm³/mol. The van der Waals surface area contributed by atoms with Crippen LogP contribution in [-0.2, 0) is 6.54 Å². The van der Waals surface area contributed by atoms with Crippen molar-refractivity contribution in [3.8, 4) is 0 Å². The Morgan fingerprint density at radius 3 is 2.94 bits per heavy atom. The fraction of sp³-hybridized carbons (Fsp3) is 0.643. The van der Waals surface area contributed by atoms with E-state index in [0.29, 0.717) is 6.04 Å². The van der Waals surface area contributed by atoms with E-state index in [-0.39, 0.29) is 0 Å². The standard InChI is InChI=1S/C14H23N3/c1-3-13-6-5-9-17(13)14-8-7-12(11-16-14)10-15-4-2/h7-8,11,13,15H,3-6,9-10H2,1-2H3. The van der Waals surface area contributed by atoms with Gasteiger partial charge in [-0.15, -0.1) is 0 Å². The maximum Gasteiger partial charge on any atom is 0.128 e. The maximum atomic E-state index is 4.60. The smallest absolute Gasteiger partial charge is 0.128 e. The Bertz CT molecular complexity index is 334. The van der Waals surface area contributed by atoms with Crippen molar-refractivity contribution in [1.82, 2.24) is 10.3 Å². The van der Waals surface area contributed by atoms with Crippen LogP contribution in [0.25, 0.3) is 0 Å². The van der Waals surface area contributed by atoms with Gasteiger partial charge in [-0.3, -0.25) is 0 Å². The zero-order valence-corrected chi connectivity index (χ0v) is 10.9. The van der Waals surface area contributed by atoms with E-state index in [1.54, 1.807) is 0 Å². The highest BCUT2D eigenvalue weighted by atomic mass is 15.2. The molecule has 1 aliphatic heterocycles. The van der Waals surface area contributed by atoms with Crippen molar-refractivity contribution in [2.45, 2.75) is 45.7 Å². The quantitative estimate of drug-likeness (QED) is 0.847. The molecule has 1 atom stereocenters. The number of anilines is 1. The predicted octanol–water partition coefficient (Wildman–Crippen LogP) is 2.57. The number of hydrogen-bond acceptors (Lipinski definition) is 3. The Hall–Kier alpha value is -1.09. The SMILES string of the molecule is CCNCc1ccc(N2CCCC2CC)nc1. The molecule has 3 heteroatoms. The molecule has 3 nitrogen and oxygen atoms in total. The molecule has 1 saturated heterocycles. The van der Waals surface area contributed by atoms with E-state index in [1.165, 1.54) is 24.8 Å². The third-order valence-electron chi connectivity index (χ3n) is 3.53. The fourth-order valence-corrected chi connectivity index (χ4v) is 2.52. The molecule has 0 spiro atoms. The van der Waals surface area contributed by atoms with E-state index in [1.807, 2.05) is 6.20 Å². The van der Waals surface area contributed by atoms with Crippen molar-refractivity contribution in [3.63, 3.8) is 0 Å². The Labute approximate surface area is 104 Å². The van der Waals surface area contributed by atoms with Gasteiger partial charge in [0.1, 0.15) is 5.82 Å². The molecular weight excluding hydrogens is 210 g/mol. The molecule has 2 rings (SSSR count). The summed E-state index contributed by atoms with van der Waals surface area (Å²) in [7, 11) is 0. The molecule has 1 aliphatic rings. The van der Waals surface area contributed by atoms with Crippen molar-refractivity contribution in [2.24, 2.45) is 0 Å². The molecule has 0 bridgehead atoms. The largest absolute Gasteiger partial charge is 0.354 e. The lowest BCUT2D eigenvalue weighted by atomic mass is 10.2.